The lowest BCUT2D eigenvalue weighted by atomic mass is 9.75. The van der Waals surface area contributed by atoms with Crippen LogP contribution in [0.2, 0.25) is 0 Å². The summed E-state index contributed by atoms with van der Waals surface area (Å²) < 4.78 is 0. The van der Waals surface area contributed by atoms with E-state index in [4.69, 9.17) is 0 Å². The lowest BCUT2D eigenvalue weighted by molar-refractivity contribution is 0.177. The zero-order chi connectivity index (χ0) is 10.9. The number of nitrogens with one attached hydrogen (secondary N) is 1. The summed E-state index contributed by atoms with van der Waals surface area (Å²) in [6.45, 7) is 6.16. The van der Waals surface area contributed by atoms with Crippen LogP contribution in [0.3, 0.4) is 0 Å². The number of aliphatic hydroxyl groups is 1. The molecule has 2 saturated carbocycles. The number of hydrogen-bond donors (Lipinski definition) is 2. The maximum Gasteiger partial charge on any atom is 0.0499 e. The Labute approximate surface area is 93.5 Å². The molecule has 0 atom stereocenters. The predicted molar refractivity (Wildman–Crippen MR) is 62.8 cm³/mol. The molecule has 2 N–H and O–H groups in total. The Hall–Kier alpha value is -0.0800. The van der Waals surface area contributed by atoms with Crippen LogP contribution in [0.1, 0.15) is 52.4 Å². The maximum atomic E-state index is 9.23. The van der Waals surface area contributed by atoms with E-state index in [2.05, 4.69) is 19.2 Å². The lowest BCUT2D eigenvalue weighted by Crippen LogP contribution is -2.39. The maximum absolute atomic E-state index is 9.23. The molecule has 0 heterocycles. The third kappa shape index (κ3) is 2.94. The number of aliphatic hydroxyl groups excluding tert-OH is 1. The highest BCUT2D eigenvalue weighted by molar-refractivity contribution is 4.95. The van der Waals surface area contributed by atoms with Crippen LogP contribution in [0.5, 0.6) is 0 Å². The molecule has 0 radical (unpaired) electrons. The molecular weight excluding hydrogens is 186 g/mol. The van der Waals surface area contributed by atoms with Crippen molar-refractivity contribution in [3.05, 3.63) is 0 Å². The van der Waals surface area contributed by atoms with Gasteiger partial charge in [0.2, 0.25) is 0 Å². The summed E-state index contributed by atoms with van der Waals surface area (Å²) in [4.78, 5) is 0. The minimum atomic E-state index is 0.271. The fraction of sp³-hybridized carbons (Fsp3) is 1.00. The van der Waals surface area contributed by atoms with Gasteiger partial charge in [0, 0.05) is 24.6 Å². The third-order valence-electron chi connectivity index (χ3n) is 4.40. The molecule has 15 heavy (non-hydrogen) atoms. The van der Waals surface area contributed by atoms with E-state index < -0.39 is 0 Å². The fourth-order valence-electron chi connectivity index (χ4n) is 2.53. The number of hydrogen-bond acceptors (Lipinski definition) is 2. The second-order valence-electron chi connectivity index (χ2n) is 6.48. The molecule has 2 aliphatic carbocycles. The molecule has 0 spiro atoms. The highest BCUT2D eigenvalue weighted by Gasteiger charge is 2.42. The summed E-state index contributed by atoms with van der Waals surface area (Å²) in [6, 6.07) is 0.710. The van der Waals surface area contributed by atoms with Crippen LogP contribution in [0.15, 0.2) is 0 Å². The normalized spacial score (nSPS) is 29.0. The van der Waals surface area contributed by atoms with Gasteiger partial charge in [0.15, 0.2) is 0 Å². The van der Waals surface area contributed by atoms with Gasteiger partial charge >= 0.3 is 0 Å². The summed E-state index contributed by atoms with van der Waals surface area (Å²) in [6.07, 6.45) is 7.75. The van der Waals surface area contributed by atoms with Crippen LogP contribution < -0.4 is 5.32 Å². The van der Waals surface area contributed by atoms with Gasteiger partial charge < -0.3 is 10.4 Å². The zero-order valence-electron chi connectivity index (χ0n) is 10.2. The van der Waals surface area contributed by atoms with Gasteiger partial charge in [-0.1, -0.05) is 13.8 Å². The topological polar surface area (TPSA) is 32.3 Å². The first-order valence-corrected chi connectivity index (χ1v) is 6.40. The van der Waals surface area contributed by atoms with Gasteiger partial charge in [0.1, 0.15) is 0 Å². The first kappa shape index (κ1) is 11.4. The minimum Gasteiger partial charge on any atom is -0.396 e. The summed E-state index contributed by atoms with van der Waals surface area (Å²) in [5, 5.41) is 12.9. The third-order valence-corrected chi connectivity index (χ3v) is 4.40. The first-order chi connectivity index (χ1) is 7.05. The van der Waals surface area contributed by atoms with Crippen LogP contribution in [-0.2, 0) is 0 Å². The Balaban J connectivity index is 1.69. The van der Waals surface area contributed by atoms with Crippen LogP contribution >= 0.6 is 0 Å². The quantitative estimate of drug-likeness (QED) is 0.748. The molecule has 88 valence electrons. The Bertz CT molecular complexity index is 211. The van der Waals surface area contributed by atoms with E-state index in [9.17, 15) is 5.11 Å². The van der Waals surface area contributed by atoms with Crippen molar-refractivity contribution in [2.45, 2.75) is 58.4 Å². The van der Waals surface area contributed by atoms with Crippen molar-refractivity contribution in [2.24, 2.45) is 10.8 Å². The van der Waals surface area contributed by atoms with Gasteiger partial charge in [-0.15, -0.1) is 0 Å². The van der Waals surface area contributed by atoms with Crippen LogP contribution in [0, 0.1) is 10.8 Å². The Kier molecular flexibility index (Phi) is 3.09. The largest absolute Gasteiger partial charge is 0.396 e. The smallest absolute Gasteiger partial charge is 0.0499 e. The molecular formula is C13H25NO. The van der Waals surface area contributed by atoms with Gasteiger partial charge in [-0.2, -0.15) is 0 Å². The zero-order valence-corrected chi connectivity index (χ0v) is 10.2. The SMILES string of the molecule is CC1(C)CCC(NCC2(CO)CC2)CC1. The monoisotopic (exact) mass is 211 g/mol. The van der Waals surface area contributed by atoms with E-state index in [0.717, 1.165) is 6.54 Å². The van der Waals surface area contributed by atoms with Crippen molar-refractivity contribution in [1.29, 1.82) is 0 Å². The average molecular weight is 211 g/mol. The van der Waals surface area contributed by atoms with Crippen LogP contribution in [0.25, 0.3) is 0 Å². The number of rotatable bonds is 4. The first-order valence-electron chi connectivity index (χ1n) is 6.40. The minimum absolute atomic E-state index is 0.271. The highest BCUT2D eigenvalue weighted by Crippen LogP contribution is 2.44. The van der Waals surface area contributed by atoms with Crippen LogP contribution in [0.4, 0.5) is 0 Å². The van der Waals surface area contributed by atoms with E-state index >= 15 is 0 Å². The standard InChI is InChI=1S/C13H25NO/c1-12(2)5-3-11(4-6-12)14-9-13(10-15)7-8-13/h11,14-15H,3-10H2,1-2H3. The fourth-order valence-corrected chi connectivity index (χ4v) is 2.53. The predicted octanol–water partition coefficient (Wildman–Crippen LogP) is 2.32. The molecule has 0 amide bonds. The van der Waals surface area contributed by atoms with E-state index in [0.29, 0.717) is 18.1 Å². The van der Waals surface area contributed by atoms with Gasteiger partial charge in [-0.3, -0.25) is 0 Å². The molecule has 0 aromatic rings. The molecule has 0 aromatic heterocycles. The molecule has 2 aliphatic rings. The molecule has 0 aliphatic heterocycles. The van der Waals surface area contributed by atoms with E-state index in [1.807, 2.05) is 0 Å². The molecule has 0 bridgehead atoms. The summed E-state index contributed by atoms with van der Waals surface area (Å²) in [5.74, 6) is 0. The molecule has 0 saturated heterocycles. The highest BCUT2D eigenvalue weighted by atomic mass is 16.3. The van der Waals surface area contributed by atoms with Crippen molar-refractivity contribution in [3.8, 4) is 0 Å². The van der Waals surface area contributed by atoms with Crippen molar-refractivity contribution in [3.63, 3.8) is 0 Å². The second-order valence-corrected chi connectivity index (χ2v) is 6.48. The van der Waals surface area contributed by atoms with Crippen molar-refractivity contribution < 1.29 is 5.11 Å². The second kappa shape index (κ2) is 4.06. The van der Waals surface area contributed by atoms with Crippen molar-refractivity contribution in [1.82, 2.24) is 5.32 Å². The summed E-state index contributed by atoms with van der Waals surface area (Å²) in [5.41, 5.74) is 0.833. The average Bonchev–Trinajstić information content (AvgIpc) is 2.97. The summed E-state index contributed by atoms with van der Waals surface area (Å²) >= 11 is 0. The van der Waals surface area contributed by atoms with Crippen molar-refractivity contribution in [2.75, 3.05) is 13.2 Å². The molecule has 2 fully saturated rings. The van der Waals surface area contributed by atoms with E-state index in [1.165, 1.54) is 38.5 Å². The van der Waals surface area contributed by atoms with Gasteiger partial charge in [0.05, 0.1) is 0 Å². The Morgan fingerprint density at radius 3 is 2.20 bits per heavy atom. The Morgan fingerprint density at radius 2 is 1.73 bits per heavy atom. The van der Waals surface area contributed by atoms with Gasteiger partial charge in [0.25, 0.3) is 0 Å². The molecule has 2 nitrogen and oxygen atoms in total. The molecule has 2 heteroatoms. The van der Waals surface area contributed by atoms with Gasteiger partial charge in [-0.25, -0.2) is 0 Å². The molecule has 0 unspecified atom stereocenters. The van der Waals surface area contributed by atoms with Crippen LogP contribution in [-0.4, -0.2) is 24.3 Å². The lowest BCUT2D eigenvalue weighted by Gasteiger charge is -2.35. The summed E-state index contributed by atoms with van der Waals surface area (Å²) in [7, 11) is 0. The molecule has 0 aromatic carbocycles. The van der Waals surface area contributed by atoms with E-state index in [1.54, 1.807) is 0 Å². The van der Waals surface area contributed by atoms with Crippen molar-refractivity contribution >= 4 is 0 Å². The van der Waals surface area contributed by atoms with Gasteiger partial charge in [-0.05, 0) is 43.9 Å². The molecule has 2 rings (SSSR count). The van der Waals surface area contributed by atoms with E-state index in [-0.39, 0.29) is 5.41 Å². The Morgan fingerprint density at radius 1 is 1.13 bits per heavy atom.